The molecule has 0 bridgehead atoms. The van der Waals surface area contributed by atoms with Crippen LogP contribution in [0.1, 0.15) is 27.2 Å². The van der Waals surface area contributed by atoms with E-state index in [1.54, 1.807) is 0 Å². The fourth-order valence-electron chi connectivity index (χ4n) is 2.40. The summed E-state index contributed by atoms with van der Waals surface area (Å²) in [6.07, 6.45) is 1.13. The van der Waals surface area contributed by atoms with Gasteiger partial charge in [-0.1, -0.05) is 13.8 Å². The molecule has 0 aromatic rings. The molecule has 0 amide bonds. The first kappa shape index (κ1) is 14.9. The van der Waals surface area contributed by atoms with Gasteiger partial charge in [-0.25, -0.2) is 8.42 Å². The summed E-state index contributed by atoms with van der Waals surface area (Å²) in [6.45, 7) is 11.4. The SMILES string of the molecule is CCN(CC)CCCN1CCS(=O)(=O)C[C@H]1C. The molecule has 17 heavy (non-hydrogen) atoms. The minimum Gasteiger partial charge on any atom is -0.304 e. The molecule has 102 valence electrons. The molecule has 0 aliphatic carbocycles. The Hall–Kier alpha value is -0.130. The van der Waals surface area contributed by atoms with E-state index in [4.69, 9.17) is 0 Å². The number of sulfone groups is 1. The highest BCUT2D eigenvalue weighted by Crippen LogP contribution is 2.11. The second kappa shape index (κ2) is 6.71. The van der Waals surface area contributed by atoms with Gasteiger partial charge < -0.3 is 4.90 Å². The van der Waals surface area contributed by atoms with Crippen LogP contribution in [-0.2, 0) is 9.84 Å². The first-order chi connectivity index (χ1) is 7.98. The molecule has 1 saturated heterocycles. The summed E-state index contributed by atoms with van der Waals surface area (Å²) in [4.78, 5) is 4.72. The number of rotatable bonds is 6. The van der Waals surface area contributed by atoms with Crippen LogP contribution in [-0.4, -0.2) is 68.5 Å². The van der Waals surface area contributed by atoms with Gasteiger partial charge in [0.15, 0.2) is 9.84 Å². The molecule has 0 N–H and O–H groups in total. The van der Waals surface area contributed by atoms with Gasteiger partial charge in [0.1, 0.15) is 0 Å². The Balaban J connectivity index is 2.29. The predicted octanol–water partition coefficient (Wildman–Crippen LogP) is 0.837. The fourth-order valence-corrected chi connectivity index (χ4v) is 4.03. The van der Waals surface area contributed by atoms with E-state index in [1.807, 2.05) is 6.92 Å². The average molecular weight is 262 g/mol. The topological polar surface area (TPSA) is 40.6 Å². The van der Waals surface area contributed by atoms with Gasteiger partial charge in [0, 0.05) is 12.6 Å². The second-order valence-electron chi connectivity index (χ2n) is 4.88. The third-order valence-electron chi connectivity index (χ3n) is 3.62. The summed E-state index contributed by atoms with van der Waals surface area (Å²) < 4.78 is 22.9. The molecular formula is C12H26N2O2S. The van der Waals surface area contributed by atoms with Gasteiger partial charge in [0.05, 0.1) is 11.5 Å². The smallest absolute Gasteiger partial charge is 0.153 e. The zero-order valence-corrected chi connectivity index (χ0v) is 12.2. The lowest BCUT2D eigenvalue weighted by Gasteiger charge is -2.33. The maximum Gasteiger partial charge on any atom is 0.153 e. The lowest BCUT2D eigenvalue weighted by atomic mass is 10.2. The highest BCUT2D eigenvalue weighted by atomic mass is 32.2. The lowest BCUT2D eigenvalue weighted by molar-refractivity contribution is 0.205. The monoisotopic (exact) mass is 262 g/mol. The minimum absolute atomic E-state index is 0.186. The van der Waals surface area contributed by atoms with Crippen molar-refractivity contribution in [3.05, 3.63) is 0 Å². The zero-order valence-electron chi connectivity index (χ0n) is 11.4. The van der Waals surface area contributed by atoms with Gasteiger partial charge in [-0.3, -0.25) is 4.90 Å². The Labute approximate surface area is 106 Å². The highest BCUT2D eigenvalue weighted by Gasteiger charge is 2.27. The Morgan fingerprint density at radius 2 is 1.94 bits per heavy atom. The van der Waals surface area contributed by atoms with Crippen molar-refractivity contribution in [1.29, 1.82) is 0 Å². The zero-order chi connectivity index (χ0) is 12.9. The maximum atomic E-state index is 11.4. The fraction of sp³-hybridized carbons (Fsp3) is 1.00. The molecule has 0 saturated carbocycles. The average Bonchev–Trinajstić information content (AvgIpc) is 2.26. The van der Waals surface area contributed by atoms with Gasteiger partial charge in [0.25, 0.3) is 0 Å². The van der Waals surface area contributed by atoms with Crippen molar-refractivity contribution in [2.75, 3.05) is 44.2 Å². The molecule has 0 unspecified atom stereocenters. The third-order valence-corrected chi connectivity index (χ3v) is 5.42. The molecule has 0 radical (unpaired) electrons. The van der Waals surface area contributed by atoms with Crippen LogP contribution in [0.15, 0.2) is 0 Å². The maximum absolute atomic E-state index is 11.4. The van der Waals surface area contributed by atoms with E-state index in [2.05, 4.69) is 23.6 Å². The largest absolute Gasteiger partial charge is 0.304 e. The van der Waals surface area contributed by atoms with Crippen molar-refractivity contribution in [1.82, 2.24) is 9.80 Å². The van der Waals surface area contributed by atoms with Crippen LogP contribution in [0.3, 0.4) is 0 Å². The first-order valence-electron chi connectivity index (χ1n) is 6.65. The lowest BCUT2D eigenvalue weighted by Crippen LogP contribution is -2.47. The van der Waals surface area contributed by atoms with Crippen LogP contribution in [0.2, 0.25) is 0 Å². The van der Waals surface area contributed by atoms with E-state index >= 15 is 0 Å². The Morgan fingerprint density at radius 1 is 1.29 bits per heavy atom. The molecule has 0 aromatic carbocycles. The molecule has 4 nitrogen and oxygen atoms in total. The Kier molecular flexibility index (Phi) is 5.89. The van der Waals surface area contributed by atoms with Gasteiger partial charge >= 0.3 is 0 Å². The molecule has 1 atom stereocenters. The van der Waals surface area contributed by atoms with Gasteiger partial charge in [0.2, 0.25) is 0 Å². The molecule has 5 heteroatoms. The third kappa shape index (κ3) is 4.94. The van der Waals surface area contributed by atoms with E-state index in [0.29, 0.717) is 18.1 Å². The van der Waals surface area contributed by atoms with Crippen LogP contribution < -0.4 is 0 Å². The van der Waals surface area contributed by atoms with Crippen molar-refractivity contribution in [2.24, 2.45) is 0 Å². The molecule has 0 spiro atoms. The van der Waals surface area contributed by atoms with Gasteiger partial charge in [-0.2, -0.15) is 0 Å². The summed E-state index contributed by atoms with van der Waals surface area (Å²) in [6, 6.07) is 0.186. The van der Waals surface area contributed by atoms with Crippen LogP contribution in [0.4, 0.5) is 0 Å². The van der Waals surface area contributed by atoms with E-state index in [9.17, 15) is 8.42 Å². The van der Waals surface area contributed by atoms with E-state index < -0.39 is 9.84 Å². The molecule has 1 aliphatic rings. The molecule has 0 aromatic heterocycles. The van der Waals surface area contributed by atoms with Gasteiger partial charge in [-0.05, 0) is 39.5 Å². The Bertz CT molecular complexity index is 312. The van der Waals surface area contributed by atoms with E-state index in [-0.39, 0.29) is 6.04 Å². The molecule has 1 aliphatic heterocycles. The summed E-state index contributed by atoms with van der Waals surface area (Å²) in [5.41, 5.74) is 0. The van der Waals surface area contributed by atoms with Crippen LogP contribution >= 0.6 is 0 Å². The quantitative estimate of drug-likeness (QED) is 0.711. The van der Waals surface area contributed by atoms with Gasteiger partial charge in [-0.15, -0.1) is 0 Å². The van der Waals surface area contributed by atoms with Crippen LogP contribution in [0.5, 0.6) is 0 Å². The predicted molar refractivity (Wildman–Crippen MR) is 72.1 cm³/mol. The second-order valence-corrected chi connectivity index (χ2v) is 7.11. The number of hydrogen-bond donors (Lipinski definition) is 0. The Morgan fingerprint density at radius 3 is 2.47 bits per heavy atom. The van der Waals surface area contributed by atoms with Crippen LogP contribution in [0.25, 0.3) is 0 Å². The highest BCUT2D eigenvalue weighted by molar-refractivity contribution is 7.91. The van der Waals surface area contributed by atoms with Crippen molar-refractivity contribution < 1.29 is 8.42 Å². The molecule has 1 fully saturated rings. The van der Waals surface area contributed by atoms with Crippen molar-refractivity contribution in [2.45, 2.75) is 33.2 Å². The van der Waals surface area contributed by atoms with E-state index in [0.717, 1.165) is 32.6 Å². The normalized spacial score (nSPS) is 25.3. The van der Waals surface area contributed by atoms with Crippen LogP contribution in [0, 0.1) is 0 Å². The minimum atomic E-state index is -2.77. The van der Waals surface area contributed by atoms with E-state index in [1.165, 1.54) is 0 Å². The number of nitrogens with zero attached hydrogens (tertiary/aromatic N) is 2. The molecule has 1 rings (SSSR count). The summed E-state index contributed by atoms with van der Waals surface area (Å²) in [7, 11) is -2.77. The molecular weight excluding hydrogens is 236 g/mol. The summed E-state index contributed by atoms with van der Waals surface area (Å²) >= 11 is 0. The standard InChI is InChI=1S/C12H26N2O2S/c1-4-13(5-2)7-6-8-14-9-10-17(15,16)11-12(14)3/h12H,4-11H2,1-3H3/t12-/m1/s1. The molecule has 1 heterocycles. The van der Waals surface area contributed by atoms with Crippen molar-refractivity contribution >= 4 is 9.84 Å². The first-order valence-corrected chi connectivity index (χ1v) is 8.47. The summed E-state index contributed by atoms with van der Waals surface area (Å²) in [5.74, 6) is 0.668. The summed E-state index contributed by atoms with van der Waals surface area (Å²) in [5, 5.41) is 0. The van der Waals surface area contributed by atoms with Crippen molar-refractivity contribution in [3.8, 4) is 0 Å². The number of hydrogen-bond acceptors (Lipinski definition) is 4. The van der Waals surface area contributed by atoms with Crippen molar-refractivity contribution in [3.63, 3.8) is 0 Å².